The lowest BCUT2D eigenvalue weighted by Gasteiger charge is -2.30. The van der Waals surface area contributed by atoms with Crippen molar-refractivity contribution in [3.05, 3.63) is 16.6 Å². The normalized spacial score (nSPS) is 19.8. The molecule has 0 aromatic carbocycles. The van der Waals surface area contributed by atoms with Crippen LogP contribution in [0.4, 0.5) is 0 Å². The molecular formula is C12H15N3O2S. The summed E-state index contributed by atoms with van der Waals surface area (Å²) in [5, 5.41) is 14.9. The lowest BCUT2D eigenvalue weighted by atomic mass is 9.80. The SMILES string of the molecule is CC(NC(=O)C1(C#N)CCOCC1)c1nccs1. The van der Waals surface area contributed by atoms with Gasteiger partial charge in [-0.05, 0) is 19.8 Å². The van der Waals surface area contributed by atoms with Gasteiger partial charge < -0.3 is 10.1 Å². The average Bonchev–Trinajstić information content (AvgIpc) is 2.93. The number of nitrogens with zero attached hydrogens (tertiary/aromatic N) is 2. The molecule has 1 aromatic rings. The molecule has 0 radical (unpaired) electrons. The minimum Gasteiger partial charge on any atom is -0.381 e. The minimum absolute atomic E-state index is 0.162. The lowest BCUT2D eigenvalue weighted by Crippen LogP contribution is -2.44. The molecular weight excluding hydrogens is 250 g/mol. The van der Waals surface area contributed by atoms with Crippen LogP contribution in [0.5, 0.6) is 0 Å². The maximum Gasteiger partial charge on any atom is 0.241 e. The molecule has 1 aliphatic rings. The monoisotopic (exact) mass is 265 g/mol. The first-order valence-corrected chi connectivity index (χ1v) is 6.75. The van der Waals surface area contributed by atoms with Crippen LogP contribution < -0.4 is 5.32 Å². The van der Waals surface area contributed by atoms with E-state index in [0.717, 1.165) is 5.01 Å². The van der Waals surface area contributed by atoms with Crippen LogP contribution in [0.25, 0.3) is 0 Å². The Bertz CT molecular complexity index is 446. The van der Waals surface area contributed by atoms with Crippen molar-refractivity contribution in [1.82, 2.24) is 10.3 Å². The molecule has 1 unspecified atom stereocenters. The van der Waals surface area contributed by atoms with E-state index in [-0.39, 0.29) is 11.9 Å². The first-order valence-electron chi connectivity index (χ1n) is 5.87. The fraction of sp³-hybridized carbons (Fsp3) is 0.583. The van der Waals surface area contributed by atoms with E-state index in [2.05, 4.69) is 16.4 Å². The zero-order chi connectivity index (χ0) is 13.0. The summed E-state index contributed by atoms with van der Waals surface area (Å²) in [5.41, 5.74) is -0.941. The van der Waals surface area contributed by atoms with Crippen LogP contribution in [-0.2, 0) is 9.53 Å². The quantitative estimate of drug-likeness (QED) is 0.901. The van der Waals surface area contributed by atoms with Crippen molar-refractivity contribution in [2.45, 2.75) is 25.8 Å². The fourth-order valence-electron chi connectivity index (χ4n) is 1.95. The highest BCUT2D eigenvalue weighted by atomic mass is 32.1. The molecule has 1 aliphatic heterocycles. The number of nitriles is 1. The fourth-order valence-corrected chi connectivity index (χ4v) is 2.60. The second-order valence-corrected chi connectivity index (χ2v) is 5.30. The summed E-state index contributed by atoms with van der Waals surface area (Å²) in [5.74, 6) is -0.212. The molecule has 0 spiro atoms. The zero-order valence-electron chi connectivity index (χ0n) is 10.2. The number of carbonyl (C=O) groups excluding carboxylic acids is 1. The van der Waals surface area contributed by atoms with Crippen molar-refractivity contribution in [3.63, 3.8) is 0 Å². The van der Waals surface area contributed by atoms with Crippen LogP contribution in [0.1, 0.15) is 30.8 Å². The topological polar surface area (TPSA) is 75.0 Å². The summed E-state index contributed by atoms with van der Waals surface area (Å²) in [4.78, 5) is 16.4. The van der Waals surface area contributed by atoms with E-state index >= 15 is 0 Å². The number of aromatic nitrogens is 1. The van der Waals surface area contributed by atoms with Gasteiger partial charge in [-0.2, -0.15) is 5.26 Å². The first-order chi connectivity index (χ1) is 8.68. The summed E-state index contributed by atoms with van der Waals surface area (Å²) in [7, 11) is 0. The molecule has 0 saturated carbocycles. The molecule has 0 bridgehead atoms. The van der Waals surface area contributed by atoms with Gasteiger partial charge in [-0.1, -0.05) is 0 Å². The number of ether oxygens (including phenoxy) is 1. The Morgan fingerprint density at radius 3 is 2.94 bits per heavy atom. The van der Waals surface area contributed by atoms with E-state index in [9.17, 15) is 10.1 Å². The summed E-state index contributed by atoms with van der Waals surface area (Å²) >= 11 is 1.49. The number of thiazole rings is 1. The summed E-state index contributed by atoms with van der Waals surface area (Å²) in [6.07, 6.45) is 2.62. The predicted molar refractivity (Wildman–Crippen MR) is 66.8 cm³/mol. The standard InChI is InChI=1S/C12H15N3O2S/c1-9(10-14-4-7-18-10)15-11(16)12(8-13)2-5-17-6-3-12/h4,7,9H,2-3,5-6H2,1H3,(H,15,16). The highest BCUT2D eigenvalue weighted by Crippen LogP contribution is 2.31. The molecule has 1 fully saturated rings. The number of hydrogen-bond acceptors (Lipinski definition) is 5. The van der Waals surface area contributed by atoms with E-state index in [0.29, 0.717) is 26.1 Å². The number of rotatable bonds is 3. The van der Waals surface area contributed by atoms with Crippen molar-refractivity contribution in [3.8, 4) is 6.07 Å². The number of carbonyl (C=O) groups is 1. The second kappa shape index (κ2) is 5.46. The van der Waals surface area contributed by atoms with E-state index in [1.54, 1.807) is 6.20 Å². The van der Waals surface area contributed by atoms with Crippen LogP contribution in [-0.4, -0.2) is 24.1 Å². The van der Waals surface area contributed by atoms with Gasteiger partial charge in [0.15, 0.2) is 0 Å². The molecule has 1 saturated heterocycles. The first kappa shape index (κ1) is 13.0. The Morgan fingerprint density at radius 2 is 2.39 bits per heavy atom. The van der Waals surface area contributed by atoms with E-state index < -0.39 is 5.41 Å². The van der Waals surface area contributed by atoms with Gasteiger partial charge in [0.25, 0.3) is 0 Å². The van der Waals surface area contributed by atoms with Crippen LogP contribution in [0.2, 0.25) is 0 Å². The van der Waals surface area contributed by atoms with Gasteiger partial charge in [-0.3, -0.25) is 4.79 Å². The van der Waals surface area contributed by atoms with Crippen molar-refractivity contribution >= 4 is 17.2 Å². The summed E-state index contributed by atoms with van der Waals surface area (Å²) in [6, 6.07) is 2.00. The molecule has 1 amide bonds. The smallest absolute Gasteiger partial charge is 0.241 e. The van der Waals surface area contributed by atoms with Gasteiger partial charge in [0, 0.05) is 24.8 Å². The molecule has 0 aliphatic carbocycles. The predicted octanol–water partition coefficient (Wildman–Crippen LogP) is 1.64. The molecule has 5 nitrogen and oxygen atoms in total. The average molecular weight is 265 g/mol. The number of nitrogens with one attached hydrogen (secondary N) is 1. The van der Waals surface area contributed by atoms with Crippen LogP contribution in [0, 0.1) is 16.7 Å². The van der Waals surface area contributed by atoms with Crippen molar-refractivity contribution in [2.75, 3.05) is 13.2 Å². The third kappa shape index (κ3) is 2.52. The van der Waals surface area contributed by atoms with E-state index in [1.165, 1.54) is 11.3 Å². The van der Waals surface area contributed by atoms with E-state index in [4.69, 9.17) is 4.74 Å². The Balaban J connectivity index is 2.04. The van der Waals surface area contributed by atoms with Gasteiger partial charge in [0.1, 0.15) is 10.4 Å². The minimum atomic E-state index is -0.941. The Morgan fingerprint density at radius 1 is 1.67 bits per heavy atom. The molecule has 6 heteroatoms. The number of amides is 1. The largest absolute Gasteiger partial charge is 0.381 e. The van der Waals surface area contributed by atoms with Gasteiger partial charge in [-0.15, -0.1) is 11.3 Å². The third-order valence-electron chi connectivity index (χ3n) is 3.16. The Labute approximate surface area is 110 Å². The highest BCUT2D eigenvalue weighted by Gasteiger charge is 2.41. The third-order valence-corrected chi connectivity index (χ3v) is 4.12. The van der Waals surface area contributed by atoms with Gasteiger partial charge >= 0.3 is 0 Å². The molecule has 1 atom stereocenters. The van der Waals surface area contributed by atoms with Crippen molar-refractivity contribution in [1.29, 1.82) is 5.26 Å². The summed E-state index contributed by atoms with van der Waals surface area (Å²) in [6.45, 7) is 2.81. The van der Waals surface area contributed by atoms with Crippen molar-refractivity contribution < 1.29 is 9.53 Å². The molecule has 1 N–H and O–H groups in total. The van der Waals surface area contributed by atoms with Crippen molar-refractivity contribution in [2.24, 2.45) is 5.41 Å². The van der Waals surface area contributed by atoms with Crippen LogP contribution in [0.3, 0.4) is 0 Å². The molecule has 18 heavy (non-hydrogen) atoms. The van der Waals surface area contributed by atoms with Crippen LogP contribution >= 0.6 is 11.3 Å². The Kier molecular flexibility index (Phi) is 3.94. The maximum atomic E-state index is 12.2. The van der Waals surface area contributed by atoms with Crippen LogP contribution in [0.15, 0.2) is 11.6 Å². The highest BCUT2D eigenvalue weighted by molar-refractivity contribution is 7.09. The molecule has 2 rings (SSSR count). The van der Waals surface area contributed by atoms with E-state index in [1.807, 2.05) is 12.3 Å². The molecule has 1 aromatic heterocycles. The Hall–Kier alpha value is -1.45. The summed E-state index contributed by atoms with van der Waals surface area (Å²) < 4.78 is 5.21. The van der Waals surface area contributed by atoms with Gasteiger partial charge in [-0.25, -0.2) is 4.98 Å². The molecule has 2 heterocycles. The zero-order valence-corrected chi connectivity index (χ0v) is 11.0. The van der Waals surface area contributed by atoms with Gasteiger partial charge in [0.2, 0.25) is 5.91 Å². The molecule has 96 valence electrons. The van der Waals surface area contributed by atoms with Gasteiger partial charge in [0.05, 0.1) is 12.1 Å². The number of hydrogen-bond donors (Lipinski definition) is 1. The second-order valence-electron chi connectivity index (χ2n) is 4.37. The lowest BCUT2D eigenvalue weighted by molar-refractivity contribution is -0.133. The maximum absolute atomic E-state index is 12.2.